The van der Waals surface area contributed by atoms with E-state index in [1.54, 1.807) is 0 Å². The van der Waals surface area contributed by atoms with Crippen molar-refractivity contribution in [1.29, 1.82) is 0 Å². The minimum Gasteiger partial charge on any atom is -0.445 e. The number of nitrogens with one attached hydrogen (secondary N) is 4. The number of fused-ring (bicyclic) bond motifs is 1. The maximum Gasteiger partial charge on any atom is 0.408 e. The largest absolute Gasteiger partial charge is 0.445 e. The molecule has 9 heteroatoms. The van der Waals surface area contributed by atoms with Crippen LogP contribution in [0, 0.1) is 5.92 Å². The van der Waals surface area contributed by atoms with E-state index < -0.39 is 24.1 Å². The van der Waals surface area contributed by atoms with E-state index in [0.29, 0.717) is 19.4 Å². The quantitative estimate of drug-likeness (QED) is 0.149. The Hall–Kier alpha value is -5.18. The number of hydrogen-bond acceptors (Lipinski definition) is 5. The molecule has 0 aliphatic carbocycles. The van der Waals surface area contributed by atoms with Crippen LogP contribution in [0.1, 0.15) is 49.3 Å². The van der Waals surface area contributed by atoms with E-state index in [0.717, 1.165) is 40.3 Å². The third kappa shape index (κ3) is 9.67. The molecule has 4 atom stereocenters. The molecule has 1 heterocycles. The highest BCUT2D eigenvalue weighted by atomic mass is 16.5. The highest BCUT2D eigenvalue weighted by Gasteiger charge is 2.31. The predicted molar refractivity (Wildman–Crippen MR) is 186 cm³/mol. The zero-order valence-electron chi connectivity index (χ0n) is 27.3. The number of hydrogen-bond donors (Lipinski definition) is 4. The molecule has 0 aromatic heterocycles. The van der Waals surface area contributed by atoms with Crippen molar-refractivity contribution < 1.29 is 23.9 Å². The summed E-state index contributed by atoms with van der Waals surface area (Å²) >= 11 is 0. The molecule has 1 aliphatic rings. The first-order valence-corrected chi connectivity index (χ1v) is 16.8. The van der Waals surface area contributed by atoms with Gasteiger partial charge in [-0.15, -0.1) is 0 Å². The second-order valence-electron chi connectivity index (χ2n) is 12.3. The molecule has 1 saturated heterocycles. The third-order valence-electron chi connectivity index (χ3n) is 8.85. The highest BCUT2D eigenvalue weighted by Crippen LogP contribution is 2.21. The van der Waals surface area contributed by atoms with Crippen molar-refractivity contribution in [3.63, 3.8) is 0 Å². The van der Waals surface area contributed by atoms with Crippen molar-refractivity contribution >= 4 is 34.6 Å². The normalized spacial score (nSPS) is 16.2. The minimum atomic E-state index is -1.03. The first-order valence-electron chi connectivity index (χ1n) is 16.8. The minimum absolute atomic E-state index is 0.0181. The summed E-state index contributed by atoms with van der Waals surface area (Å²) in [6.07, 6.45) is 2.55. The van der Waals surface area contributed by atoms with Gasteiger partial charge in [-0.3, -0.25) is 14.4 Å². The fourth-order valence-corrected chi connectivity index (χ4v) is 6.17. The van der Waals surface area contributed by atoms with Crippen LogP contribution in [-0.2, 0) is 38.6 Å². The predicted octanol–water partition coefficient (Wildman–Crippen LogP) is 5.22. The van der Waals surface area contributed by atoms with E-state index in [1.807, 2.05) is 110 Å². The average Bonchev–Trinajstić information content (AvgIpc) is 3.11. The Labute approximate surface area is 281 Å². The summed E-state index contributed by atoms with van der Waals surface area (Å²) in [4.78, 5) is 53.5. The van der Waals surface area contributed by atoms with Crippen LogP contribution in [-0.4, -0.2) is 48.5 Å². The fourth-order valence-electron chi connectivity index (χ4n) is 6.17. The van der Waals surface area contributed by atoms with Crippen molar-refractivity contribution in [3.05, 3.63) is 120 Å². The van der Waals surface area contributed by atoms with Gasteiger partial charge in [0.1, 0.15) is 18.7 Å². The molecule has 0 unspecified atom stereocenters. The van der Waals surface area contributed by atoms with Gasteiger partial charge < -0.3 is 26.0 Å². The SMILES string of the molecule is CC[C@H](C[C@@H]1CCCNC1=O)NC(=O)[C@H](Cc1ccccc1)NC(=O)[C@H](Cc1cccc2ccccc12)NC(=O)OCc1ccccc1. The fraction of sp³-hybridized carbons (Fsp3) is 0.333. The van der Waals surface area contributed by atoms with Gasteiger partial charge in [-0.25, -0.2) is 4.79 Å². The van der Waals surface area contributed by atoms with E-state index in [1.165, 1.54) is 0 Å². The topological polar surface area (TPSA) is 126 Å². The maximum atomic E-state index is 14.1. The number of alkyl carbamates (subject to hydrolysis) is 1. The highest BCUT2D eigenvalue weighted by molar-refractivity contribution is 5.93. The molecular weight excluding hydrogens is 604 g/mol. The van der Waals surface area contributed by atoms with E-state index in [-0.39, 0.29) is 43.2 Å². The Morgan fingerprint density at radius 3 is 2.15 bits per heavy atom. The number of carbonyl (C=O) groups excluding carboxylic acids is 4. The van der Waals surface area contributed by atoms with Gasteiger partial charge in [0.05, 0.1) is 0 Å². The zero-order chi connectivity index (χ0) is 33.7. The lowest BCUT2D eigenvalue weighted by molar-refractivity contribution is -0.131. The monoisotopic (exact) mass is 648 g/mol. The standard InChI is InChI=1S/C39H44N4O5/c1-2-32(24-31-20-12-22-40-36(31)44)41-37(45)34(23-27-13-5-3-6-14-27)42-38(46)35(43-39(47)48-26-28-15-7-4-8-16-28)25-30-19-11-18-29-17-9-10-21-33(29)30/h3-11,13-19,21,31-32,34-35H,2,12,20,22-26H2,1H3,(H,40,44)(H,41,45)(H,42,46)(H,43,47)/t31-,32+,34-,35-/m0/s1. The van der Waals surface area contributed by atoms with Crippen molar-refractivity contribution in [2.24, 2.45) is 5.92 Å². The van der Waals surface area contributed by atoms with E-state index >= 15 is 0 Å². The van der Waals surface area contributed by atoms with Crippen LogP contribution < -0.4 is 21.3 Å². The second-order valence-corrected chi connectivity index (χ2v) is 12.3. The molecule has 48 heavy (non-hydrogen) atoms. The molecule has 5 rings (SSSR count). The third-order valence-corrected chi connectivity index (χ3v) is 8.85. The van der Waals surface area contributed by atoms with Gasteiger partial charge in [-0.05, 0) is 53.1 Å². The number of rotatable bonds is 14. The molecule has 4 aromatic rings. The van der Waals surface area contributed by atoms with Crippen LogP contribution >= 0.6 is 0 Å². The molecular formula is C39H44N4O5. The van der Waals surface area contributed by atoms with E-state index in [9.17, 15) is 19.2 Å². The Morgan fingerprint density at radius 1 is 0.771 bits per heavy atom. The Bertz CT molecular complexity index is 1670. The number of amides is 4. The molecule has 4 aromatic carbocycles. The van der Waals surface area contributed by atoms with Crippen molar-refractivity contribution in [1.82, 2.24) is 21.3 Å². The lowest BCUT2D eigenvalue weighted by Gasteiger charge is -2.28. The summed E-state index contributed by atoms with van der Waals surface area (Å²) in [5.41, 5.74) is 2.56. The van der Waals surface area contributed by atoms with Crippen LogP contribution in [0.5, 0.6) is 0 Å². The molecule has 0 saturated carbocycles. The molecule has 4 amide bonds. The van der Waals surface area contributed by atoms with Gasteiger partial charge >= 0.3 is 6.09 Å². The average molecular weight is 649 g/mol. The van der Waals surface area contributed by atoms with Gasteiger partial charge in [0.15, 0.2) is 0 Å². The molecule has 4 N–H and O–H groups in total. The molecule has 250 valence electrons. The Morgan fingerprint density at radius 2 is 1.42 bits per heavy atom. The summed E-state index contributed by atoms with van der Waals surface area (Å²) in [5, 5.41) is 13.7. The number of carbonyl (C=O) groups is 4. The summed E-state index contributed by atoms with van der Waals surface area (Å²) in [6.45, 7) is 2.70. The van der Waals surface area contributed by atoms with Gasteiger partial charge in [0.2, 0.25) is 17.7 Å². The maximum absolute atomic E-state index is 14.1. The van der Waals surface area contributed by atoms with Gasteiger partial charge in [-0.1, -0.05) is 110 Å². The van der Waals surface area contributed by atoms with Gasteiger partial charge in [0, 0.05) is 31.3 Å². The number of piperidine rings is 1. The second kappa shape index (κ2) is 17.1. The van der Waals surface area contributed by atoms with E-state index in [4.69, 9.17) is 4.74 Å². The molecule has 0 radical (unpaired) electrons. The van der Waals surface area contributed by atoms with Crippen LogP contribution in [0.4, 0.5) is 4.79 Å². The summed E-state index contributed by atoms with van der Waals surface area (Å²) in [6, 6.07) is 30.3. The van der Waals surface area contributed by atoms with Crippen LogP contribution in [0.2, 0.25) is 0 Å². The Balaban J connectivity index is 1.35. The molecule has 1 fully saturated rings. The number of benzene rings is 4. The van der Waals surface area contributed by atoms with E-state index in [2.05, 4.69) is 21.3 Å². The summed E-state index contributed by atoms with van der Waals surface area (Å²) in [7, 11) is 0. The van der Waals surface area contributed by atoms with Crippen molar-refractivity contribution in [3.8, 4) is 0 Å². The summed E-state index contributed by atoms with van der Waals surface area (Å²) in [5.74, 6) is -0.992. The lowest BCUT2D eigenvalue weighted by atomic mass is 9.90. The first-order chi connectivity index (χ1) is 23.4. The van der Waals surface area contributed by atoms with Crippen molar-refractivity contribution in [2.75, 3.05) is 6.54 Å². The van der Waals surface area contributed by atoms with Crippen molar-refractivity contribution in [2.45, 2.75) is 70.2 Å². The zero-order valence-corrected chi connectivity index (χ0v) is 27.3. The smallest absolute Gasteiger partial charge is 0.408 e. The Kier molecular flexibility index (Phi) is 12.2. The number of ether oxygens (including phenoxy) is 1. The summed E-state index contributed by atoms with van der Waals surface area (Å²) < 4.78 is 5.49. The van der Waals surface area contributed by atoms with Gasteiger partial charge in [0.25, 0.3) is 0 Å². The molecule has 9 nitrogen and oxygen atoms in total. The lowest BCUT2D eigenvalue weighted by Crippen LogP contribution is -2.56. The molecule has 1 aliphatic heterocycles. The van der Waals surface area contributed by atoms with Crippen LogP contribution in [0.3, 0.4) is 0 Å². The van der Waals surface area contributed by atoms with Crippen LogP contribution in [0.25, 0.3) is 10.8 Å². The van der Waals surface area contributed by atoms with Gasteiger partial charge in [-0.2, -0.15) is 0 Å². The first kappa shape index (κ1) is 34.2. The molecule has 0 bridgehead atoms. The van der Waals surface area contributed by atoms with Crippen LogP contribution in [0.15, 0.2) is 103 Å². The molecule has 0 spiro atoms.